The van der Waals surface area contributed by atoms with Crippen LogP contribution in [0.5, 0.6) is 0 Å². The lowest BCUT2D eigenvalue weighted by atomic mass is 10.2. The number of alkyl halides is 3. The standard InChI is InChI=1S/C18H20F3N3/c1-13-9-15(18(19,20)21)10-17(22-13)23-16-7-8-24(12-16)11-14-5-3-2-4-6-14/h2-6,9-10,16H,7-8,11-12H2,1H3,(H,22,23). The van der Waals surface area contributed by atoms with E-state index in [0.717, 1.165) is 38.2 Å². The SMILES string of the molecule is Cc1cc(C(F)(F)F)cc(NC2CCN(Cc3ccccc3)C2)n1. The zero-order valence-corrected chi connectivity index (χ0v) is 13.5. The first-order chi connectivity index (χ1) is 11.4. The van der Waals surface area contributed by atoms with Crippen LogP contribution in [0.2, 0.25) is 0 Å². The predicted octanol–water partition coefficient (Wildman–Crippen LogP) is 4.10. The molecule has 1 aliphatic rings. The summed E-state index contributed by atoms with van der Waals surface area (Å²) in [5.74, 6) is 0.300. The van der Waals surface area contributed by atoms with Gasteiger partial charge in [0.2, 0.25) is 0 Å². The van der Waals surface area contributed by atoms with E-state index in [1.54, 1.807) is 6.92 Å². The van der Waals surface area contributed by atoms with E-state index in [-0.39, 0.29) is 6.04 Å². The Morgan fingerprint density at radius 3 is 2.67 bits per heavy atom. The number of nitrogens with one attached hydrogen (secondary N) is 1. The quantitative estimate of drug-likeness (QED) is 0.912. The van der Waals surface area contributed by atoms with Gasteiger partial charge in [-0.2, -0.15) is 13.2 Å². The highest BCUT2D eigenvalue weighted by molar-refractivity contribution is 5.41. The van der Waals surface area contributed by atoms with E-state index < -0.39 is 11.7 Å². The highest BCUT2D eigenvalue weighted by atomic mass is 19.4. The fourth-order valence-electron chi connectivity index (χ4n) is 3.05. The molecule has 0 spiro atoms. The van der Waals surface area contributed by atoms with Gasteiger partial charge < -0.3 is 5.32 Å². The third-order valence-electron chi connectivity index (χ3n) is 4.15. The Morgan fingerprint density at radius 1 is 1.21 bits per heavy atom. The molecule has 0 radical (unpaired) electrons. The molecule has 1 fully saturated rings. The van der Waals surface area contributed by atoms with Crippen LogP contribution in [0.25, 0.3) is 0 Å². The van der Waals surface area contributed by atoms with Crippen molar-refractivity contribution < 1.29 is 13.2 Å². The minimum atomic E-state index is -4.35. The second-order valence-electron chi connectivity index (χ2n) is 6.23. The molecule has 0 amide bonds. The fourth-order valence-corrected chi connectivity index (χ4v) is 3.05. The maximum Gasteiger partial charge on any atom is 0.416 e. The molecule has 1 saturated heterocycles. The number of pyridine rings is 1. The van der Waals surface area contributed by atoms with Crippen molar-refractivity contribution >= 4 is 5.82 Å². The van der Waals surface area contributed by atoms with E-state index in [9.17, 15) is 13.2 Å². The molecule has 0 aliphatic carbocycles. The van der Waals surface area contributed by atoms with E-state index in [1.165, 1.54) is 5.56 Å². The van der Waals surface area contributed by atoms with Crippen molar-refractivity contribution in [2.45, 2.75) is 32.1 Å². The zero-order chi connectivity index (χ0) is 17.2. The molecule has 2 aromatic rings. The summed E-state index contributed by atoms with van der Waals surface area (Å²) < 4.78 is 38.7. The number of halogens is 3. The molecule has 1 aromatic carbocycles. The number of nitrogens with zero attached hydrogens (tertiary/aromatic N) is 2. The Balaban J connectivity index is 1.62. The van der Waals surface area contributed by atoms with Crippen LogP contribution in [-0.4, -0.2) is 29.0 Å². The van der Waals surface area contributed by atoms with Gasteiger partial charge in [0, 0.05) is 31.4 Å². The molecule has 0 bridgehead atoms. The van der Waals surface area contributed by atoms with Gasteiger partial charge in [-0.15, -0.1) is 0 Å². The number of aryl methyl sites for hydroxylation is 1. The summed E-state index contributed by atoms with van der Waals surface area (Å²) in [7, 11) is 0. The van der Waals surface area contributed by atoms with Crippen LogP contribution in [0.15, 0.2) is 42.5 Å². The lowest BCUT2D eigenvalue weighted by Gasteiger charge is -2.18. The van der Waals surface area contributed by atoms with E-state index in [2.05, 4.69) is 27.3 Å². The maximum absolute atomic E-state index is 12.9. The van der Waals surface area contributed by atoms with Gasteiger partial charge in [-0.25, -0.2) is 4.98 Å². The van der Waals surface area contributed by atoms with Crippen molar-refractivity contribution in [2.75, 3.05) is 18.4 Å². The first kappa shape index (κ1) is 16.8. The van der Waals surface area contributed by atoms with Crippen LogP contribution in [0, 0.1) is 6.92 Å². The van der Waals surface area contributed by atoms with Crippen LogP contribution < -0.4 is 5.32 Å². The van der Waals surface area contributed by atoms with Crippen LogP contribution in [0.4, 0.5) is 19.0 Å². The first-order valence-electron chi connectivity index (χ1n) is 7.99. The number of rotatable bonds is 4. The molecule has 3 rings (SSSR count). The van der Waals surface area contributed by atoms with Gasteiger partial charge in [-0.1, -0.05) is 30.3 Å². The van der Waals surface area contributed by atoms with Crippen molar-refractivity contribution in [3.05, 3.63) is 59.3 Å². The number of hydrogen-bond acceptors (Lipinski definition) is 3. The summed E-state index contributed by atoms with van der Waals surface area (Å²) >= 11 is 0. The van der Waals surface area contributed by atoms with Crippen molar-refractivity contribution in [3.63, 3.8) is 0 Å². The molecule has 128 valence electrons. The summed E-state index contributed by atoms with van der Waals surface area (Å²) in [6, 6.07) is 12.4. The van der Waals surface area contributed by atoms with Gasteiger partial charge in [-0.05, 0) is 31.0 Å². The van der Waals surface area contributed by atoms with Gasteiger partial charge in [0.15, 0.2) is 0 Å². The predicted molar refractivity (Wildman–Crippen MR) is 87.7 cm³/mol. The zero-order valence-electron chi connectivity index (χ0n) is 13.5. The third kappa shape index (κ3) is 4.26. The van der Waals surface area contributed by atoms with E-state index in [4.69, 9.17) is 0 Å². The molecule has 1 aromatic heterocycles. The first-order valence-corrected chi connectivity index (χ1v) is 7.99. The van der Waals surface area contributed by atoms with Crippen LogP contribution in [0.3, 0.4) is 0 Å². The second-order valence-corrected chi connectivity index (χ2v) is 6.23. The molecular formula is C18H20F3N3. The largest absolute Gasteiger partial charge is 0.416 e. The second kappa shape index (κ2) is 6.81. The fraction of sp³-hybridized carbons (Fsp3) is 0.389. The highest BCUT2D eigenvalue weighted by Gasteiger charge is 2.31. The van der Waals surface area contributed by atoms with Crippen molar-refractivity contribution in [1.29, 1.82) is 0 Å². The Hall–Kier alpha value is -2.08. The molecular weight excluding hydrogens is 315 g/mol. The Kier molecular flexibility index (Phi) is 4.76. The molecule has 24 heavy (non-hydrogen) atoms. The average Bonchev–Trinajstić information content (AvgIpc) is 2.94. The lowest BCUT2D eigenvalue weighted by Crippen LogP contribution is -2.26. The number of aromatic nitrogens is 1. The smallest absolute Gasteiger partial charge is 0.366 e. The maximum atomic E-state index is 12.9. The number of anilines is 1. The van der Waals surface area contributed by atoms with Gasteiger partial charge in [-0.3, -0.25) is 4.90 Å². The van der Waals surface area contributed by atoms with Crippen LogP contribution in [-0.2, 0) is 12.7 Å². The molecule has 0 saturated carbocycles. The van der Waals surface area contributed by atoms with E-state index in [0.29, 0.717) is 11.5 Å². The topological polar surface area (TPSA) is 28.2 Å². The Labute approximate surface area is 139 Å². The van der Waals surface area contributed by atoms with Crippen molar-refractivity contribution in [1.82, 2.24) is 9.88 Å². The molecule has 1 aliphatic heterocycles. The number of benzene rings is 1. The molecule has 1 N–H and O–H groups in total. The Morgan fingerprint density at radius 2 is 1.96 bits per heavy atom. The summed E-state index contributed by atoms with van der Waals surface area (Å²) in [6.07, 6.45) is -3.46. The molecule has 1 atom stereocenters. The van der Waals surface area contributed by atoms with E-state index >= 15 is 0 Å². The monoisotopic (exact) mass is 335 g/mol. The number of likely N-dealkylation sites (tertiary alicyclic amines) is 1. The van der Waals surface area contributed by atoms with Gasteiger partial charge in [0.05, 0.1) is 5.56 Å². The van der Waals surface area contributed by atoms with Gasteiger partial charge in [0.25, 0.3) is 0 Å². The number of hydrogen-bond donors (Lipinski definition) is 1. The summed E-state index contributed by atoms with van der Waals surface area (Å²) in [5, 5.41) is 3.16. The lowest BCUT2D eigenvalue weighted by molar-refractivity contribution is -0.137. The van der Waals surface area contributed by atoms with Crippen molar-refractivity contribution in [2.24, 2.45) is 0 Å². The minimum Gasteiger partial charge on any atom is -0.366 e. The van der Waals surface area contributed by atoms with Crippen LogP contribution >= 0.6 is 0 Å². The normalized spacial score (nSPS) is 18.8. The Bertz CT molecular complexity index is 686. The summed E-state index contributed by atoms with van der Waals surface area (Å²) in [5.41, 5.74) is 0.953. The molecule has 1 unspecified atom stereocenters. The average molecular weight is 335 g/mol. The molecule has 6 heteroatoms. The molecule has 2 heterocycles. The highest BCUT2D eigenvalue weighted by Crippen LogP contribution is 2.31. The molecule has 3 nitrogen and oxygen atoms in total. The summed E-state index contributed by atoms with van der Waals surface area (Å²) in [6.45, 7) is 4.15. The van der Waals surface area contributed by atoms with E-state index in [1.807, 2.05) is 18.2 Å². The van der Waals surface area contributed by atoms with Crippen LogP contribution in [0.1, 0.15) is 23.2 Å². The van der Waals surface area contributed by atoms with Gasteiger partial charge >= 0.3 is 6.18 Å². The summed E-state index contributed by atoms with van der Waals surface area (Å²) in [4.78, 5) is 6.49. The van der Waals surface area contributed by atoms with Gasteiger partial charge in [0.1, 0.15) is 5.82 Å². The minimum absolute atomic E-state index is 0.115. The third-order valence-corrected chi connectivity index (χ3v) is 4.15. The van der Waals surface area contributed by atoms with Crippen molar-refractivity contribution in [3.8, 4) is 0 Å².